The second-order valence-corrected chi connectivity index (χ2v) is 6.02. The van der Waals surface area contributed by atoms with E-state index in [0.29, 0.717) is 22.0 Å². The van der Waals surface area contributed by atoms with E-state index in [-0.39, 0.29) is 11.0 Å². The van der Waals surface area contributed by atoms with Gasteiger partial charge in [-0.15, -0.1) is 0 Å². The molecule has 0 saturated carbocycles. The van der Waals surface area contributed by atoms with Gasteiger partial charge in [-0.1, -0.05) is 17.7 Å². The van der Waals surface area contributed by atoms with Crippen molar-refractivity contribution < 1.29 is 9.53 Å². The van der Waals surface area contributed by atoms with Crippen LogP contribution in [0.1, 0.15) is 21.5 Å². The molecule has 0 fully saturated rings. The summed E-state index contributed by atoms with van der Waals surface area (Å²) in [5.41, 5.74) is 8.41. The molecule has 0 saturated heterocycles. The molecule has 1 amide bonds. The number of hydrogen-bond donors (Lipinski definition) is 3. The maximum absolute atomic E-state index is 12.1. The molecule has 0 heterocycles. The van der Waals surface area contributed by atoms with Crippen LogP contribution in [0.15, 0.2) is 36.4 Å². The molecule has 0 aliphatic carbocycles. The van der Waals surface area contributed by atoms with E-state index in [1.54, 1.807) is 31.4 Å². The highest BCUT2D eigenvalue weighted by Gasteiger charge is 2.09. The second kappa shape index (κ2) is 7.99. The normalized spacial score (nSPS) is 10.0. The predicted molar refractivity (Wildman–Crippen MR) is 101 cm³/mol. The fourth-order valence-electron chi connectivity index (χ4n) is 2.15. The van der Waals surface area contributed by atoms with Gasteiger partial charge in [-0.25, -0.2) is 0 Å². The van der Waals surface area contributed by atoms with Gasteiger partial charge in [-0.05, 0) is 67.5 Å². The van der Waals surface area contributed by atoms with Gasteiger partial charge in [0.1, 0.15) is 5.75 Å². The third-order valence-corrected chi connectivity index (χ3v) is 3.81. The zero-order valence-electron chi connectivity index (χ0n) is 13.6. The molecule has 0 unspecified atom stereocenters. The topological polar surface area (TPSA) is 62.4 Å². The smallest absolute Gasteiger partial charge is 0.269 e. The molecule has 2 aromatic rings. The van der Waals surface area contributed by atoms with Crippen molar-refractivity contribution in [1.82, 2.24) is 10.9 Å². The first-order chi connectivity index (χ1) is 11.4. The van der Waals surface area contributed by atoms with E-state index < -0.39 is 0 Å². The zero-order valence-corrected chi connectivity index (χ0v) is 15.1. The van der Waals surface area contributed by atoms with Crippen molar-refractivity contribution >= 4 is 40.5 Å². The number of benzene rings is 2. The number of nitrogens with one attached hydrogen (secondary N) is 3. The van der Waals surface area contributed by atoms with Gasteiger partial charge >= 0.3 is 0 Å². The number of amides is 1. The number of ether oxygens (including phenoxy) is 1. The van der Waals surface area contributed by atoms with E-state index in [4.69, 9.17) is 28.6 Å². The van der Waals surface area contributed by atoms with E-state index >= 15 is 0 Å². The minimum atomic E-state index is -0.312. The van der Waals surface area contributed by atoms with Crippen molar-refractivity contribution in [2.24, 2.45) is 0 Å². The van der Waals surface area contributed by atoms with Crippen LogP contribution < -0.4 is 20.9 Å². The van der Waals surface area contributed by atoms with Gasteiger partial charge in [0.05, 0.1) is 17.8 Å². The Morgan fingerprint density at radius 2 is 1.79 bits per heavy atom. The summed E-state index contributed by atoms with van der Waals surface area (Å²) in [6.07, 6.45) is 0. The quantitative estimate of drug-likeness (QED) is 0.574. The summed E-state index contributed by atoms with van der Waals surface area (Å²) in [7, 11) is 1.57. The summed E-state index contributed by atoms with van der Waals surface area (Å²) in [4.78, 5) is 12.1. The molecule has 0 aromatic heterocycles. The summed E-state index contributed by atoms with van der Waals surface area (Å²) in [5, 5.41) is 3.79. The maximum atomic E-state index is 12.1. The minimum absolute atomic E-state index is 0.241. The second-order valence-electron chi connectivity index (χ2n) is 5.20. The molecule has 5 nitrogen and oxygen atoms in total. The zero-order chi connectivity index (χ0) is 17.7. The number of hydrazine groups is 1. The summed E-state index contributed by atoms with van der Waals surface area (Å²) in [6.45, 7) is 3.90. The van der Waals surface area contributed by atoms with Crippen LogP contribution in [0.25, 0.3) is 0 Å². The number of rotatable bonds is 3. The molecule has 0 radical (unpaired) electrons. The van der Waals surface area contributed by atoms with Gasteiger partial charge < -0.3 is 10.1 Å². The van der Waals surface area contributed by atoms with Crippen molar-refractivity contribution in [3.05, 3.63) is 58.1 Å². The first kappa shape index (κ1) is 18.0. The Hall–Kier alpha value is -2.31. The molecule has 24 heavy (non-hydrogen) atoms. The maximum Gasteiger partial charge on any atom is 0.269 e. The Kier molecular flexibility index (Phi) is 6.00. The average Bonchev–Trinajstić information content (AvgIpc) is 2.56. The number of methoxy groups -OCH3 is 1. The summed E-state index contributed by atoms with van der Waals surface area (Å²) in [6, 6.07) is 10.6. The third-order valence-electron chi connectivity index (χ3n) is 3.31. The number of thiocarbonyl (C=S) groups is 1. The molecule has 126 valence electrons. The van der Waals surface area contributed by atoms with Crippen molar-refractivity contribution in [2.45, 2.75) is 13.8 Å². The van der Waals surface area contributed by atoms with E-state index in [1.165, 1.54) is 0 Å². The predicted octanol–water partition coefficient (Wildman–Crippen LogP) is 3.60. The molecule has 7 heteroatoms. The van der Waals surface area contributed by atoms with E-state index in [0.717, 1.165) is 11.1 Å². The number of halogens is 1. The van der Waals surface area contributed by atoms with E-state index in [2.05, 4.69) is 16.2 Å². The summed E-state index contributed by atoms with van der Waals surface area (Å²) >= 11 is 11.4. The lowest BCUT2D eigenvalue weighted by atomic mass is 10.1. The fourth-order valence-corrected chi connectivity index (χ4v) is 2.67. The Bertz CT molecular complexity index is 740. The van der Waals surface area contributed by atoms with Crippen LogP contribution in [-0.4, -0.2) is 18.1 Å². The monoisotopic (exact) mass is 363 g/mol. The third kappa shape index (κ3) is 4.59. The van der Waals surface area contributed by atoms with E-state index in [9.17, 15) is 4.79 Å². The molecule has 0 spiro atoms. The Balaban J connectivity index is 1.94. The Morgan fingerprint density at radius 1 is 1.12 bits per heavy atom. The molecule has 0 atom stereocenters. The highest BCUT2D eigenvalue weighted by molar-refractivity contribution is 7.80. The van der Waals surface area contributed by atoms with Crippen LogP contribution >= 0.6 is 23.8 Å². The highest BCUT2D eigenvalue weighted by atomic mass is 35.5. The molecule has 2 rings (SSSR count). The van der Waals surface area contributed by atoms with Crippen LogP contribution in [-0.2, 0) is 0 Å². The number of hydrogen-bond acceptors (Lipinski definition) is 3. The molecule has 0 aliphatic rings. The average molecular weight is 364 g/mol. The van der Waals surface area contributed by atoms with Gasteiger partial charge in [-0.3, -0.25) is 15.6 Å². The van der Waals surface area contributed by atoms with Crippen LogP contribution in [0.3, 0.4) is 0 Å². The lowest BCUT2D eigenvalue weighted by molar-refractivity contribution is 0.0944. The van der Waals surface area contributed by atoms with Crippen LogP contribution in [0.5, 0.6) is 5.75 Å². The van der Waals surface area contributed by atoms with Gasteiger partial charge in [0.15, 0.2) is 5.11 Å². The number of anilines is 1. The molecular formula is C17H18ClN3O2S. The minimum Gasteiger partial charge on any atom is -0.497 e. The molecular weight excluding hydrogens is 346 g/mol. The van der Waals surface area contributed by atoms with Gasteiger partial charge in [0.25, 0.3) is 5.91 Å². The number of carbonyl (C=O) groups is 1. The van der Waals surface area contributed by atoms with Crippen molar-refractivity contribution in [3.63, 3.8) is 0 Å². The van der Waals surface area contributed by atoms with Crippen LogP contribution in [0.4, 0.5) is 5.69 Å². The first-order valence-electron chi connectivity index (χ1n) is 7.19. The number of carbonyl (C=O) groups excluding carboxylic acids is 1. The van der Waals surface area contributed by atoms with Crippen molar-refractivity contribution in [3.8, 4) is 5.75 Å². The largest absolute Gasteiger partial charge is 0.497 e. The first-order valence-corrected chi connectivity index (χ1v) is 7.97. The Labute approximate surface area is 151 Å². The summed E-state index contributed by atoms with van der Waals surface area (Å²) in [5.74, 6) is 0.370. The van der Waals surface area contributed by atoms with E-state index in [1.807, 2.05) is 26.0 Å². The van der Waals surface area contributed by atoms with Crippen LogP contribution in [0.2, 0.25) is 5.02 Å². The Morgan fingerprint density at radius 3 is 2.38 bits per heavy atom. The number of aryl methyl sites for hydroxylation is 2. The molecule has 0 bridgehead atoms. The van der Waals surface area contributed by atoms with Crippen molar-refractivity contribution in [2.75, 3.05) is 12.4 Å². The van der Waals surface area contributed by atoms with Gasteiger partial charge in [0, 0.05) is 5.56 Å². The van der Waals surface area contributed by atoms with Crippen LogP contribution in [0, 0.1) is 13.8 Å². The molecule has 3 N–H and O–H groups in total. The highest BCUT2D eigenvalue weighted by Crippen LogP contribution is 2.27. The lowest BCUT2D eigenvalue weighted by Gasteiger charge is -2.15. The lowest BCUT2D eigenvalue weighted by Crippen LogP contribution is -2.43. The molecule has 2 aromatic carbocycles. The van der Waals surface area contributed by atoms with Crippen molar-refractivity contribution in [1.29, 1.82) is 0 Å². The SMILES string of the molecule is COc1ccc(C(=O)NNC(=S)Nc2c(C)cc(C)cc2Cl)cc1. The molecule has 0 aliphatic heterocycles. The fraction of sp³-hybridized carbons (Fsp3) is 0.176. The standard InChI is InChI=1S/C17H18ClN3O2S/c1-10-8-11(2)15(14(18)9-10)19-17(24)21-20-16(22)12-4-6-13(23-3)7-5-12/h4-9H,1-3H3,(H,20,22)(H2,19,21,24). The van der Waals surface area contributed by atoms with Gasteiger partial charge in [0.2, 0.25) is 0 Å². The van der Waals surface area contributed by atoms with Gasteiger partial charge in [-0.2, -0.15) is 0 Å². The summed E-state index contributed by atoms with van der Waals surface area (Å²) < 4.78 is 5.05.